The molecule has 0 saturated carbocycles. The molecule has 2 N–H and O–H groups in total. The van der Waals surface area contributed by atoms with Crippen molar-refractivity contribution in [2.24, 2.45) is 5.73 Å². The molecule has 0 spiro atoms. The fourth-order valence-corrected chi connectivity index (χ4v) is 2.96. The van der Waals surface area contributed by atoms with E-state index in [1.54, 1.807) is 0 Å². The molecule has 3 aromatic rings. The number of nitrogens with zero attached hydrogens (tertiary/aromatic N) is 2. The van der Waals surface area contributed by atoms with E-state index in [9.17, 15) is 44.3 Å². The highest BCUT2D eigenvalue weighted by molar-refractivity contribution is 6.23. The van der Waals surface area contributed by atoms with Gasteiger partial charge in [-0.2, -0.15) is 26.3 Å². The highest BCUT2D eigenvalue weighted by Gasteiger charge is 2.37. The Hall–Kier alpha value is -4.10. The van der Waals surface area contributed by atoms with Gasteiger partial charge in [0.1, 0.15) is 5.75 Å². The summed E-state index contributed by atoms with van der Waals surface area (Å²) in [7, 11) is 0. The van der Waals surface area contributed by atoms with Crippen LogP contribution in [0.2, 0.25) is 0 Å². The Kier molecular flexibility index (Phi) is 7.00. The van der Waals surface area contributed by atoms with Gasteiger partial charge in [0.05, 0.1) is 16.8 Å². The quantitative estimate of drug-likeness (QED) is 0.325. The summed E-state index contributed by atoms with van der Waals surface area (Å²) in [4.78, 5) is 19.5. The lowest BCUT2D eigenvalue weighted by Gasteiger charge is -2.14. The van der Waals surface area contributed by atoms with E-state index in [1.807, 2.05) is 0 Å². The molecular formula is C22H12F9N3O2. The van der Waals surface area contributed by atoms with Gasteiger partial charge in [0.15, 0.2) is 5.82 Å². The summed E-state index contributed by atoms with van der Waals surface area (Å²) in [5, 5.41) is 0. The molecule has 0 saturated heterocycles. The second-order valence-corrected chi connectivity index (χ2v) is 7.09. The van der Waals surface area contributed by atoms with E-state index in [0.717, 1.165) is 36.5 Å². The largest absolute Gasteiger partial charge is 0.573 e. The van der Waals surface area contributed by atoms with Crippen LogP contribution in [0, 0.1) is 0 Å². The van der Waals surface area contributed by atoms with Crippen LogP contribution in [0.25, 0.3) is 23.0 Å². The summed E-state index contributed by atoms with van der Waals surface area (Å²) in [6.07, 6.45) is -13.0. The molecule has 5 nitrogen and oxygen atoms in total. The van der Waals surface area contributed by atoms with Crippen LogP contribution in [0.1, 0.15) is 22.4 Å². The van der Waals surface area contributed by atoms with Crippen molar-refractivity contribution in [3.05, 3.63) is 77.1 Å². The van der Waals surface area contributed by atoms with Gasteiger partial charge in [0.25, 0.3) is 0 Å². The zero-order valence-corrected chi connectivity index (χ0v) is 17.5. The van der Waals surface area contributed by atoms with Gasteiger partial charge in [0, 0.05) is 17.3 Å². The number of aromatic nitrogens is 2. The molecule has 190 valence electrons. The lowest BCUT2D eigenvalue weighted by molar-refractivity contribution is -0.274. The third-order valence-electron chi connectivity index (χ3n) is 4.48. The van der Waals surface area contributed by atoms with Gasteiger partial charge in [-0.25, -0.2) is 9.97 Å². The first-order valence-electron chi connectivity index (χ1n) is 9.53. The number of hydrogen-bond donors (Lipinski definition) is 1. The first kappa shape index (κ1) is 26.5. The monoisotopic (exact) mass is 521 g/mol. The summed E-state index contributed by atoms with van der Waals surface area (Å²) in [6, 6.07) is 6.00. The topological polar surface area (TPSA) is 78.1 Å². The van der Waals surface area contributed by atoms with Crippen molar-refractivity contribution in [3.63, 3.8) is 0 Å². The average molecular weight is 521 g/mol. The van der Waals surface area contributed by atoms with Crippen LogP contribution in [-0.2, 0) is 17.1 Å². The molecule has 0 atom stereocenters. The second kappa shape index (κ2) is 9.51. The number of carbonyl (C=O) groups is 1. The summed E-state index contributed by atoms with van der Waals surface area (Å²) in [6.45, 7) is 0. The van der Waals surface area contributed by atoms with Crippen LogP contribution >= 0.6 is 0 Å². The Morgan fingerprint density at radius 3 is 1.86 bits per heavy atom. The third kappa shape index (κ3) is 6.73. The molecule has 0 bridgehead atoms. The number of alkyl halides is 9. The number of nitrogens with two attached hydrogens (primary N) is 1. The van der Waals surface area contributed by atoms with Gasteiger partial charge in [-0.05, 0) is 48.0 Å². The normalized spacial score (nSPS) is 13.0. The van der Waals surface area contributed by atoms with Crippen molar-refractivity contribution in [3.8, 4) is 17.1 Å². The number of ether oxygens (including phenoxy) is 1. The number of halogens is 9. The maximum atomic E-state index is 13.2. The highest BCUT2D eigenvalue weighted by atomic mass is 19.4. The van der Waals surface area contributed by atoms with Crippen LogP contribution in [-0.4, -0.2) is 22.2 Å². The lowest BCUT2D eigenvalue weighted by Crippen LogP contribution is -2.17. The molecule has 0 fully saturated rings. The molecule has 1 amide bonds. The minimum absolute atomic E-state index is 0.0376. The first-order chi connectivity index (χ1) is 16.5. The SMILES string of the molecule is NC(=O)/C(=C/c1ccnc(-c2cc(C(F)(F)F)cc(C(F)(F)F)c2)n1)c1ccc(OC(F)(F)F)cc1. The fraction of sp³-hybridized carbons (Fsp3) is 0.136. The van der Waals surface area contributed by atoms with Gasteiger partial charge in [-0.15, -0.1) is 13.2 Å². The standard InChI is InChI=1S/C22H12F9N3O2/c23-20(24,25)13-7-12(8-14(9-13)21(26,27)28)19-33-6-5-15(34-19)10-17(18(32)35)11-1-3-16(4-2-11)36-22(29,30)31/h1-10H,(H2,32,35)/b17-10+. The Bertz CT molecular complexity index is 1260. The van der Waals surface area contributed by atoms with E-state index in [4.69, 9.17) is 5.73 Å². The highest BCUT2D eigenvalue weighted by Crippen LogP contribution is 2.38. The molecule has 1 aromatic heterocycles. The number of benzene rings is 2. The molecule has 0 aliphatic rings. The predicted octanol–water partition coefficient (Wildman–Crippen LogP) is 6.11. The van der Waals surface area contributed by atoms with Gasteiger partial charge >= 0.3 is 18.7 Å². The van der Waals surface area contributed by atoms with E-state index >= 15 is 0 Å². The summed E-state index contributed by atoms with van der Waals surface area (Å²) >= 11 is 0. The van der Waals surface area contributed by atoms with Crippen LogP contribution in [0.15, 0.2) is 54.7 Å². The van der Waals surface area contributed by atoms with E-state index < -0.39 is 52.9 Å². The maximum Gasteiger partial charge on any atom is 0.573 e. The van der Waals surface area contributed by atoms with Crippen molar-refractivity contribution in [1.82, 2.24) is 9.97 Å². The number of primary amides is 1. The smallest absolute Gasteiger partial charge is 0.406 e. The lowest BCUT2D eigenvalue weighted by atomic mass is 10.0. The molecule has 36 heavy (non-hydrogen) atoms. The minimum Gasteiger partial charge on any atom is -0.406 e. The second-order valence-electron chi connectivity index (χ2n) is 7.09. The molecule has 2 aromatic carbocycles. The van der Waals surface area contributed by atoms with Crippen LogP contribution in [0.5, 0.6) is 5.75 Å². The van der Waals surface area contributed by atoms with Gasteiger partial charge in [-0.1, -0.05) is 12.1 Å². The molecule has 14 heteroatoms. The summed E-state index contributed by atoms with van der Waals surface area (Å²) in [5.74, 6) is -2.14. The van der Waals surface area contributed by atoms with E-state index in [-0.39, 0.29) is 22.9 Å². The molecule has 0 aliphatic heterocycles. The molecule has 0 radical (unpaired) electrons. The fourth-order valence-electron chi connectivity index (χ4n) is 2.96. The van der Waals surface area contributed by atoms with Gasteiger partial charge in [0.2, 0.25) is 5.91 Å². The zero-order chi connectivity index (χ0) is 26.9. The molecule has 0 unspecified atom stereocenters. The van der Waals surface area contributed by atoms with Crippen molar-refractivity contribution in [2.45, 2.75) is 18.7 Å². The van der Waals surface area contributed by atoms with Crippen LogP contribution in [0.3, 0.4) is 0 Å². The predicted molar refractivity (Wildman–Crippen MR) is 108 cm³/mol. The summed E-state index contributed by atoms with van der Waals surface area (Å²) < 4.78 is 120. The number of hydrogen-bond acceptors (Lipinski definition) is 4. The Labute approximate surface area is 196 Å². The maximum absolute atomic E-state index is 13.2. The number of carbonyl (C=O) groups excluding carboxylic acids is 1. The van der Waals surface area contributed by atoms with Crippen molar-refractivity contribution >= 4 is 17.6 Å². The molecule has 1 heterocycles. The minimum atomic E-state index is -5.09. The zero-order valence-electron chi connectivity index (χ0n) is 17.5. The van der Waals surface area contributed by atoms with E-state index in [0.29, 0.717) is 12.1 Å². The first-order valence-corrected chi connectivity index (χ1v) is 9.53. The Balaban J connectivity index is 2.04. The third-order valence-corrected chi connectivity index (χ3v) is 4.48. The van der Waals surface area contributed by atoms with Crippen LogP contribution in [0.4, 0.5) is 39.5 Å². The van der Waals surface area contributed by atoms with Crippen LogP contribution < -0.4 is 10.5 Å². The number of amides is 1. The summed E-state index contributed by atoms with van der Waals surface area (Å²) in [5.41, 5.74) is 1.23. The van der Waals surface area contributed by atoms with Gasteiger partial charge in [-0.3, -0.25) is 4.79 Å². The molecule has 3 rings (SSSR count). The van der Waals surface area contributed by atoms with E-state index in [1.165, 1.54) is 6.07 Å². The Morgan fingerprint density at radius 2 is 1.39 bits per heavy atom. The van der Waals surface area contributed by atoms with Crippen molar-refractivity contribution in [1.29, 1.82) is 0 Å². The van der Waals surface area contributed by atoms with Gasteiger partial charge < -0.3 is 10.5 Å². The number of rotatable bonds is 5. The van der Waals surface area contributed by atoms with Crippen molar-refractivity contribution in [2.75, 3.05) is 0 Å². The Morgan fingerprint density at radius 1 is 0.833 bits per heavy atom. The average Bonchev–Trinajstić information content (AvgIpc) is 2.75. The van der Waals surface area contributed by atoms with Crippen molar-refractivity contribution < 1.29 is 49.0 Å². The van der Waals surface area contributed by atoms with E-state index in [2.05, 4.69) is 14.7 Å². The molecule has 0 aliphatic carbocycles. The molecular weight excluding hydrogens is 509 g/mol.